The highest BCUT2D eigenvalue weighted by Crippen LogP contribution is 1.96. The highest BCUT2D eigenvalue weighted by atomic mass is 79.9. The van der Waals surface area contributed by atoms with E-state index < -0.39 is 20.9 Å². The molecule has 0 fully saturated rings. The fourth-order valence-corrected chi connectivity index (χ4v) is 1.16. The first-order valence-corrected chi connectivity index (χ1v) is 4.38. The zero-order chi connectivity index (χ0) is 7.40. The van der Waals surface area contributed by atoms with Gasteiger partial charge in [-0.25, -0.2) is 0 Å². The molecule has 0 aliphatic rings. The number of hydrogen-bond acceptors (Lipinski definition) is 0. The number of hydrogen-bond donors (Lipinski definition) is 0. The first-order chi connectivity index (χ1) is 4.86. The molecular weight excluding hydrogens is 219 g/mol. The maximum atomic E-state index is 12.1. The van der Waals surface area contributed by atoms with Gasteiger partial charge in [0.05, 0.1) is 0 Å². The predicted octanol–water partition coefficient (Wildman–Crippen LogP) is 2.12. The molecule has 0 spiro atoms. The Labute approximate surface area is 86.7 Å². The van der Waals surface area contributed by atoms with Crippen molar-refractivity contribution in [2.24, 2.45) is 0 Å². The highest BCUT2D eigenvalue weighted by molar-refractivity contribution is 8.93. The van der Waals surface area contributed by atoms with Crippen LogP contribution in [-0.2, 0) is 0 Å². The first-order valence-electron chi connectivity index (χ1n) is 3.14. The van der Waals surface area contributed by atoms with E-state index in [9.17, 15) is 2.96 Å². The van der Waals surface area contributed by atoms with Crippen molar-refractivity contribution in [1.82, 2.24) is 0 Å². The summed E-state index contributed by atoms with van der Waals surface area (Å²) in [4.78, 5) is 0. The maximum Gasteiger partial charge on any atom is 0.652 e. The third-order valence-corrected chi connectivity index (χ3v) is 2.15. The minimum Gasteiger partial charge on any atom is -0.475 e. The Morgan fingerprint density at radius 2 is 1.82 bits per heavy atom. The van der Waals surface area contributed by atoms with Crippen LogP contribution in [0.4, 0.5) is 2.96 Å². The van der Waals surface area contributed by atoms with E-state index in [1.807, 2.05) is 24.3 Å². The molecule has 0 nitrogen and oxygen atoms in total. The average Bonchev–Trinajstić information content (AvgIpc) is 2.05. The van der Waals surface area contributed by atoms with Crippen molar-refractivity contribution in [2.45, 2.75) is 0 Å². The lowest BCUT2D eigenvalue weighted by Gasteiger charge is -1.93. The average molecular weight is 227 g/mol. The zero-order valence-corrected chi connectivity index (χ0v) is 9.21. The Morgan fingerprint density at radius 1 is 1.27 bits per heavy atom. The fraction of sp³-hybridized carbons (Fsp3) is 0. The van der Waals surface area contributed by atoms with Gasteiger partial charge in [-0.3, -0.25) is 0 Å². The molecule has 0 aliphatic carbocycles. The third kappa shape index (κ3) is 3.36. The first kappa shape index (κ1) is 11.1. The summed E-state index contributed by atoms with van der Waals surface area (Å²) in [7, 11) is 0. The van der Waals surface area contributed by atoms with Crippen molar-refractivity contribution in [3.8, 4) is 0 Å². The molecule has 0 amide bonds. The molecule has 11 heavy (non-hydrogen) atoms. The van der Waals surface area contributed by atoms with E-state index in [0.717, 1.165) is 9.26 Å². The van der Waals surface area contributed by atoms with Gasteiger partial charge in [0, 0.05) is 0 Å². The minimum absolute atomic E-state index is 0. The largest absolute Gasteiger partial charge is 0.652 e. The lowest BCUT2D eigenvalue weighted by Crippen LogP contribution is -2.07. The quantitative estimate of drug-likeness (QED) is 0.679. The number of benzene rings is 1. The van der Waals surface area contributed by atoms with Gasteiger partial charge in [-0.1, -0.05) is 36.9 Å². The predicted molar refractivity (Wildman–Crippen MR) is 53.4 cm³/mol. The van der Waals surface area contributed by atoms with E-state index in [4.69, 9.17) is 0 Å². The van der Waals surface area contributed by atoms with Crippen LogP contribution in [0.25, 0.3) is 6.08 Å². The van der Waals surface area contributed by atoms with Gasteiger partial charge in [-0.15, -0.1) is 20.7 Å². The van der Waals surface area contributed by atoms with Crippen LogP contribution in [0.15, 0.2) is 30.8 Å². The SMILES string of the molecule is Br.C=Cc1cc[c]([Mg][F])cc1. The Balaban J connectivity index is 0.000001000. The zero-order valence-electron chi connectivity index (χ0n) is 6.09. The molecule has 0 saturated heterocycles. The molecule has 1 rings (SSSR count). The van der Waals surface area contributed by atoms with E-state index in [0.29, 0.717) is 0 Å². The van der Waals surface area contributed by atoms with Gasteiger partial charge in [0.25, 0.3) is 0 Å². The topological polar surface area (TPSA) is 0 Å². The fourth-order valence-electron chi connectivity index (χ4n) is 0.743. The van der Waals surface area contributed by atoms with Gasteiger partial charge >= 0.3 is 20.9 Å². The van der Waals surface area contributed by atoms with E-state index in [1.165, 1.54) is 0 Å². The van der Waals surface area contributed by atoms with Crippen LogP contribution < -0.4 is 3.69 Å². The van der Waals surface area contributed by atoms with E-state index in [1.54, 1.807) is 6.08 Å². The summed E-state index contributed by atoms with van der Waals surface area (Å²) < 4.78 is 12.9. The maximum absolute atomic E-state index is 12.1. The van der Waals surface area contributed by atoms with Crippen LogP contribution in [0.3, 0.4) is 0 Å². The smallest absolute Gasteiger partial charge is 0.475 e. The number of halogens is 2. The molecule has 0 radical (unpaired) electrons. The molecule has 0 aromatic heterocycles. The van der Waals surface area contributed by atoms with E-state index in [2.05, 4.69) is 6.58 Å². The molecule has 0 bridgehead atoms. The summed E-state index contributed by atoms with van der Waals surface area (Å²) in [6, 6.07) is 7.41. The number of rotatable bonds is 2. The summed E-state index contributed by atoms with van der Waals surface area (Å²) >= 11 is -1.47. The van der Waals surface area contributed by atoms with Gasteiger partial charge in [0.15, 0.2) is 0 Å². The molecule has 1 aromatic rings. The third-order valence-electron chi connectivity index (χ3n) is 1.37. The Kier molecular flexibility index (Phi) is 5.82. The second-order valence-electron chi connectivity index (χ2n) is 2.08. The van der Waals surface area contributed by atoms with Crippen molar-refractivity contribution in [3.63, 3.8) is 0 Å². The summed E-state index contributed by atoms with van der Waals surface area (Å²) in [5.74, 6) is 0. The van der Waals surface area contributed by atoms with Gasteiger partial charge in [0.1, 0.15) is 0 Å². The molecule has 0 N–H and O–H groups in total. The molecule has 0 atom stereocenters. The highest BCUT2D eigenvalue weighted by Gasteiger charge is 1.96. The van der Waals surface area contributed by atoms with Crippen molar-refractivity contribution in [1.29, 1.82) is 0 Å². The Morgan fingerprint density at radius 3 is 2.18 bits per heavy atom. The van der Waals surface area contributed by atoms with Crippen molar-refractivity contribution in [2.75, 3.05) is 0 Å². The van der Waals surface area contributed by atoms with Gasteiger partial charge in [0.2, 0.25) is 0 Å². The summed E-state index contributed by atoms with van der Waals surface area (Å²) in [6.45, 7) is 3.60. The molecule has 1 aromatic carbocycles. The molecule has 0 aliphatic heterocycles. The van der Waals surface area contributed by atoms with Crippen LogP contribution >= 0.6 is 17.0 Å². The summed E-state index contributed by atoms with van der Waals surface area (Å²) in [6.07, 6.45) is 1.75. The normalized spacial score (nSPS) is 7.73. The monoisotopic (exact) mass is 226 g/mol. The standard InChI is InChI=1S/C8H7.BrH.FH.Mg/c1-2-8-6-4-3-5-7-8;;;/h2,4-7H,1H2;2*1H;/q;;;+1/p-1. The molecule has 56 valence electrons. The molecule has 0 unspecified atom stereocenters. The van der Waals surface area contributed by atoms with E-state index in [-0.39, 0.29) is 17.0 Å². The second-order valence-corrected chi connectivity index (χ2v) is 3.16. The van der Waals surface area contributed by atoms with Crippen LogP contribution in [0.2, 0.25) is 0 Å². The van der Waals surface area contributed by atoms with Crippen LogP contribution in [0.1, 0.15) is 5.56 Å². The second kappa shape index (κ2) is 5.74. The minimum atomic E-state index is -1.47. The van der Waals surface area contributed by atoms with Crippen LogP contribution in [0.5, 0.6) is 0 Å². The van der Waals surface area contributed by atoms with Crippen molar-refractivity contribution in [3.05, 3.63) is 36.4 Å². The summed E-state index contributed by atoms with van der Waals surface area (Å²) in [5, 5.41) is 0. The van der Waals surface area contributed by atoms with Crippen LogP contribution in [-0.4, -0.2) is 20.9 Å². The summed E-state index contributed by atoms with van der Waals surface area (Å²) in [5.41, 5.74) is 1.05. The molecule has 3 heteroatoms. The Hall–Kier alpha value is 0.136. The lowest BCUT2D eigenvalue weighted by atomic mass is 10.2. The van der Waals surface area contributed by atoms with Crippen LogP contribution in [0, 0.1) is 0 Å². The van der Waals surface area contributed by atoms with Gasteiger partial charge in [-0.05, 0) is 5.56 Å². The molecule has 0 saturated carbocycles. The van der Waals surface area contributed by atoms with Crippen molar-refractivity contribution >= 4 is 47.7 Å². The van der Waals surface area contributed by atoms with Gasteiger partial charge < -0.3 is 2.96 Å². The van der Waals surface area contributed by atoms with Crippen molar-refractivity contribution < 1.29 is 2.96 Å². The van der Waals surface area contributed by atoms with Gasteiger partial charge in [-0.2, -0.15) is 0 Å². The molecule has 0 heterocycles. The lowest BCUT2D eigenvalue weighted by molar-refractivity contribution is 0.885. The Bertz CT molecular complexity index is 220. The van der Waals surface area contributed by atoms with E-state index >= 15 is 0 Å². The molecular formula is C8H8BrFMg.